The molecule has 0 saturated carbocycles. The molecule has 1 heterocycles. The van der Waals surface area contributed by atoms with Crippen molar-refractivity contribution in [1.82, 2.24) is 4.57 Å². The van der Waals surface area contributed by atoms with Crippen LogP contribution in [-0.4, -0.2) is 10.9 Å². The number of aryl methyl sites for hydroxylation is 2. The maximum absolute atomic E-state index is 12.7. The Kier molecular flexibility index (Phi) is 3.15. The summed E-state index contributed by atoms with van der Waals surface area (Å²) in [7, 11) is 0. The van der Waals surface area contributed by atoms with Gasteiger partial charge in [0.15, 0.2) is 6.29 Å². The molecule has 2 rings (SSSR count). The minimum atomic E-state index is -0.224. The summed E-state index contributed by atoms with van der Waals surface area (Å²) < 4.78 is 14.6. The van der Waals surface area contributed by atoms with Crippen LogP contribution in [-0.2, 0) is 13.0 Å². The van der Waals surface area contributed by atoms with Crippen LogP contribution in [0.5, 0.6) is 0 Å². The molecule has 2 aromatic rings. The Morgan fingerprint density at radius 1 is 1.19 bits per heavy atom. The highest BCUT2D eigenvalue weighted by molar-refractivity contribution is 5.72. The highest BCUT2D eigenvalue weighted by atomic mass is 19.1. The molecule has 0 saturated heterocycles. The smallest absolute Gasteiger partial charge is 0.166 e. The Bertz CT molecular complexity index is 473. The molecule has 0 unspecified atom stereocenters. The monoisotopic (exact) mass is 217 g/mol. The van der Waals surface area contributed by atoms with Gasteiger partial charge in [0, 0.05) is 12.7 Å². The van der Waals surface area contributed by atoms with E-state index in [1.807, 2.05) is 16.8 Å². The lowest BCUT2D eigenvalue weighted by molar-refractivity contribution is 0.111. The van der Waals surface area contributed by atoms with Gasteiger partial charge >= 0.3 is 0 Å². The van der Waals surface area contributed by atoms with Gasteiger partial charge in [0.2, 0.25) is 0 Å². The van der Waals surface area contributed by atoms with Gasteiger partial charge in [-0.05, 0) is 36.2 Å². The molecule has 0 fully saturated rings. The predicted molar refractivity (Wildman–Crippen MR) is 59.9 cm³/mol. The van der Waals surface area contributed by atoms with E-state index in [1.165, 1.54) is 12.1 Å². The third-order valence-corrected chi connectivity index (χ3v) is 2.54. The van der Waals surface area contributed by atoms with Crippen LogP contribution in [0.15, 0.2) is 42.6 Å². The van der Waals surface area contributed by atoms with E-state index in [4.69, 9.17) is 0 Å². The van der Waals surface area contributed by atoms with Gasteiger partial charge < -0.3 is 4.57 Å². The summed E-state index contributed by atoms with van der Waals surface area (Å²) in [4.78, 5) is 10.7. The summed E-state index contributed by atoms with van der Waals surface area (Å²) in [6.45, 7) is 0.729. The Hall–Kier alpha value is -1.90. The van der Waals surface area contributed by atoms with E-state index in [1.54, 1.807) is 18.2 Å². The Balaban J connectivity index is 2.02. The van der Waals surface area contributed by atoms with Gasteiger partial charge in [-0.25, -0.2) is 4.39 Å². The normalized spacial score (nSPS) is 10.3. The molecule has 2 nitrogen and oxygen atoms in total. The van der Waals surface area contributed by atoms with Gasteiger partial charge in [-0.2, -0.15) is 0 Å². The quantitative estimate of drug-likeness (QED) is 0.722. The number of rotatable bonds is 4. The van der Waals surface area contributed by atoms with Crippen LogP contribution in [0.1, 0.15) is 16.1 Å². The summed E-state index contributed by atoms with van der Waals surface area (Å²) >= 11 is 0. The molecule has 0 aliphatic heterocycles. The summed E-state index contributed by atoms with van der Waals surface area (Å²) in [5.41, 5.74) is 1.73. The first kappa shape index (κ1) is 10.6. The first-order chi connectivity index (χ1) is 7.79. The lowest BCUT2D eigenvalue weighted by Gasteiger charge is -2.05. The first-order valence-electron chi connectivity index (χ1n) is 5.14. The maximum atomic E-state index is 12.7. The van der Waals surface area contributed by atoms with Crippen LogP contribution in [0.25, 0.3) is 0 Å². The standard InChI is InChI=1S/C13H12FNO/c14-12-5-3-11(4-6-12)7-9-15-8-1-2-13(15)10-16/h1-6,8,10H,7,9H2. The fourth-order valence-corrected chi connectivity index (χ4v) is 1.64. The average molecular weight is 217 g/mol. The van der Waals surface area contributed by atoms with Gasteiger partial charge in [-0.15, -0.1) is 0 Å². The molecule has 0 aliphatic rings. The van der Waals surface area contributed by atoms with E-state index in [0.29, 0.717) is 5.69 Å². The van der Waals surface area contributed by atoms with Gasteiger partial charge in [0.05, 0.1) is 5.69 Å². The molecular weight excluding hydrogens is 205 g/mol. The molecule has 1 aromatic heterocycles. The largest absolute Gasteiger partial charge is 0.345 e. The van der Waals surface area contributed by atoms with Crippen molar-refractivity contribution in [3.63, 3.8) is 0 Å². The van der Waals surface area contributed by atoms with Crippen molar-refractivity contribution in [2.45, 2.75) is 13.0 Å². The van der Waals surface area contributed by atoms with E-state index in [9.17, 15) is 9.18 Å². The highest BCUT2D eigenvalue weighted by Crippen LogP contribution is 2.06. The molecule has 0 N–H and O–H groups in total. The summed E-state index contributed by atoms with van der Waals surface area (Å²) in [6.07, 6.45) is 3.49. The number of aromatic nitrogens is 1. The van der Waals surface area contributed by atoms with E-state index in [0.717, 1.165) is 24.8 Å². The lowest BCUT2D eigenvalue weighted by Crippen LogP contribution is -2.03. The minimum absolute atomic E-state index is 0.224. The van der Waals surface area contributed by atoms with Crippen molar-refractivity contribution in [1.29, 1.82) is 0 Å². The van der Waals surface area contributed by atoms with E-state index < -0.39 is 0 Å². The van der Waals surface area contributed by atoms with Crippen LogP contribution in [0, 0.1) is 5.82 Å². The third kappa shape index (κ3) is 2.37. The number of hydrogen-bond acceptors (Lipinski definition) is 1. The Labute approximate surface area is 93.3 Å². The fraction of sp³-hybridized carbons (Fsp3) is 0.154. The zero-order chi connectivity index (χ0) is 11.4. The number of aldehydes is 1. The highest BCUT2D eigenvalue weighted by Gasteiger charge is 1.99. The van der Waals surface area contributed by atoms with Gasteiger partial charge in [0.1, 0.15) is 5.82 Å². The van der Waals surface area contributed by atoms with Crippen molar-refractivity contribution in [2.24, 2.45) is 0 Å². The Morgan fingerprint density at radius 2 is 1.94 bits per heavy atom. The second-order valence-electron chi connectivity index (χ2n) is 3.62. The van der Waals surface area contributed by atoms with Crippen LogP contribution >= 0.6 is 0 Å². The van der Waals surface area contributed by atoms with Gasteiger partial charge in [-0.3, -0.25) is 4.79 Å². The predicted octanol–water partition coefficient (Wildman–Crippen LogP) is 2.68. The van der Waals surface area contributed by atoms with E-state index >= 15 is 0 Å². The second kappa shape index (κ2) is 4.75. The fourth-order valence-electron chi connectivity index (χ4n) is 1.64. The van der Waals surface area contributed by atoms with Crippen LogP contribution in [0.4, 0.5) is 4.39 Å². The number of hydrogen-bond donors (Lipinski definition) is 0. The van der Waals surface area contributed by atoms with Crippen molar-refractivity contribution in [2.75, 3.05) is 0 Å². The molecule has 0 spiro atoms. The summed E-state index contributed by atoms with van der Waals surface area (Å²) in [6, 6.07) is 10.0. The molecule has 0 bridgehead atoms. The number of benzene rings is 1. The molecule has 0 aliphatic carbocycles. The van der Waals surface area contributed by atoms with Crippen molar-refractivity contribution in [3.8, 4) is 0 Å². The molecule has 0 atom stereocenters. The molecule has 16 heavy (non-hydrogen) atoms. The lowest BCUT2D eigenvalue weighted by atomic mass is 10.1. The van der Waals surface area contributed by atoms with Gasteiger partial charge in [-0.1, -0.05) is 12.1 Å². The number of carbonyl (C=O) groups excluding carboxylic acids is 1. The average Bonchev–Trinajstić information content (AvgIpc) is 2.76. The van der Waals surface area contributed by atoms with Gasteiger partial charge in [0.25, 0.3) is 0 Å². The van der Waals surface area contributed by atoms with Crippen molar-refractivity contribution in [3.05, 3.63) is 59.7 Å². The molecule has 1 aromatic carbocycles. The van der Waals surface area contributed by atoms with E-state index in [2.05, 4.69) is 0 Å². The molecule has 0 amide bonds. The minimum Gasteiger partial charge on any atom is -0.345 e. The molecular formula is C13H12FNO. The number of carbonyl (C=O) groups is 1. The van der Waals surface area contributed by atoms with Crippen molar-refractivity contribution >= 4 is 6.29 Å². The first-order valence-corrected chi connectivity index (χ1v) is 5.14. The van der Waals surface area contributed by atoms with Crippen molar-refractivity contribution < 1.29 is 9.18 Å². The zero-order valence-electron chi connectivity index (χ0n) is 8.77. The van der Waals surface area contributed by atoms with Crippen LogP contribution in [0.3, 0.4) is 0 Å². The van der Waals surface area contributed by atoms with Crippen LogP contribution < -0.4 is 0 Å². The molecule has 3 heteroatoms. The third-order valence-electron chi connectivity index (χ3n) is 2.54. The SMILES string of the molecule is O=Cc1cccn1CCc1ccc(F)cc1. The summed E-state index contributed by atoms with van der Waals surface area (Å²) in [5.74, 6) is -0.224. The topological polar surface area (TPSA) is 22.0 Å². The maximum Gasteiger partial charge on any atom is 0.166 e. The van der Waals surface area contributed by atoms with E-state index in [-0.39, 0.29) is 5.82 Å². The Morgan fingerprint density at radius 3 is 2.62 bits per heavy atom. The number of nitrogens with zero attached hydrogens (tertiary/aromatic N) is 1. The number of halogens is 1. The molecule has 0 radical (unpaired) electrons. The van der Waals surface area contributed by atoms with Crippen LogP contribution in [0.2, 0.25) is 0 Å². The second-order valence-corrected chi connectivity index (χ2v) is 3.62. The molecule has 82 valence electrons. The zero-order valence-corrected chi connectivity index (χ0v) is 8.77. The summed E-state index contributed by atoms with van der Waals surface area (Å²) in [5, 5.41) is 0.